The predicted octanol–water partition coefficient (Wildman–Crippen LogP) is 1.29. The normalized spacial score (nSPS) is 23.9. The average molecular weight is 287 g/mol. The number of aliphatic hydroxyl groups is 2. The molecule has 2 rings (SSSR count). The van der Waals surface area contributed by atoms with Gasteiger partial charge in [-0.1, -0.05) is 0 Å². The van der Waals surface area contributed by atoms with E-state index in [1.807, 2.05) is 0 Å². The van der Waals surface area contributed by atoms with Gasteiger partial charge in [-0.25, -0.2) is 8.78 Å². The van der Waals surface area contributed by atoms with Crippen molar-refractivity contribution in [2.45, 2.75) is 25.0 Å². The molecule has 1 saturated heterocycles. The van der Waals surface area contributed by atoms with Crippen molar-refractivity contribution in [2.24, 2.45) is 0 Å². The SMILES string of the molecule is COc1ccc(F)c(F)c1CN1CCCC(O)(CO)C1. The van der Waals surface area contributed by atoms with Gasteiger partial charge in [0, 0.05) is 18.7 Å². The zero-order chi connectivity index (χ0) is 14.8. The van der Waals surface area contributed by atoms with Gasteiger partial charge in [-0.3, -0.25) is 4.90 Å². The van der Waals surface area contributed by atoms with Crippen LogP contribution in [0.25, 0.3) is 0 Å². The van der Waals surface area contributed by atoms with Gasteiger partial charge < -0.3 is 14.9 Å². The number of halogens is 2. The molecule has 1 aromatic rings. The maximum atomic E-state index is 13.9. The third kappa shape index (κ3) is 3.08. The van der Waals surface area contributed by atoms with Crippen molar-refractivity contribution < 1.29 is 23.7 Å². The number of likely N-dealkylation sites (tertiary alicyclic amines) is 1. The van der Waals surface area contributed by atoms with Crippen molar-refractivity contribution in [1.29, 1.82) is 0 Å². The second-order valence-electron chi connectivity index (χ2n) is 5.24. The molecule has 0 aromatic heterocycles. The Balaban J connectivity index is 2.19. The highest BCUT2D eigenvalue weighted by Crippen LogP contribution is 2.28. The fraction of sp³-hybridized carbons (Fsp3) is 0.571. The number of nitrogens with zero attached hydrogens (tertiary/aromatic N) is 1. The highest BCUT2D eigenvalue weighted by atomic mass is 19.2. The maximum Gasteiger partial charge on any atom is 0.167 e. The van der Waals surface area contributed by atoms with Gasteiger partial charge in [-0.15, -0.1) is 0 Å². The Bertz CT molecular complexity index is 484. The highest BCUT2D eigenvalue weighted by molar-refractivity contribution is 5.35. The Morgan fingerprint density at radius 3 is 2.80 bits per heavy atom. The van der Waals surface area contributed by atoms with Gasteiger partial charge in [0.2, 0.25) is 0 Å². The molecule has 1 unspecified atom stereocenters. The summed E-state index contributed by atoms with van der Waals surface area (Å²) in [5.74, 6) is -1.57. The molecule has 0 aliphatic carbocycles. The summed E-state index contributed by atoms with van der Waals surface area (Å²) < 4.78 is 32.3. The number of piperidine rings is 1. The van der Waals surface area contributed by atoms with Crippen molar-refractivity contribution in [3.63, 3.8) is 0 Å². The first-order chi connectivity index (χ1) is 9.49. The van der Waals surface area contributed by atoms with E-state index in [1.165, 1.54) is 13.2 Å². The molecule has 2 N–H and O–H groups in total. The van der Waals surface area contributed by atoms with E-state index in [0.29, 0.717) is 19.4 Å². The van der Waals surface area contributed by atoms with Gasteiger partial charge in [0.25, 0.3) is 0 Å². The van der Waals surface area contributed by atoms with Crippen LogP contribution in [0.2, 0.25) is 0 Å². The fourth-order valence-corrected chi connectivity index (χ4v) is 2.61. The lowest BCUT2D eigenvalue weighted by Gasteiger charge is -2.38. The Labute approximate surface area is 116 Å². The van der Waals surface area contributed by atoms with Gasteiger partial charge in [-0.2, -0.15) is 0 Å². The Morgan fingerprint density at radius 2 is 2.15 bits per heavy atom. The minimum absolute atomic E-state index is 0.134. The molecule has 0 spiro atoms. The number of benzene rings is 1. The Kier molecular flexibility index (Phi) is 4.57. The van der Waals surface area contributed by atoms with Crippen LogP contribution < -0.4 is 4.74 Å². The molecule has 6 heteroatoms. The van der Waals surface area contributed by atoms with Crippen molar-refractivity contribution >= 4 is 0 Å². The van der Waals surface area contributed by atoms with Crippen molar-refractivity contribution in [1.82, 2.24) is 4.90 Å². The molecule has 4 nitrogen and oxygen atoms in total. The molecular formula is C14H19F2NO3. The van der Waals surface area contributed by atoms with Gasteiger partial charge in [0.05, 0.1) is 13.7 Å². The lowest BCUT2D eigenvalue weighted by Crippen LogP contribution is -2.50. The van der Waals surface area contributed by atoms with Gasteiger partial charge in [0.1, 0.15) is 11.4 Å². The largest absolute Gasteiger partial charge is 0.496 e. The van der Waals surface area contributed by atoms with Crippen molar-refractivity contribution in [3.05, 3.63) is 29.3 Å². The number of ether oxygens (including phenoxy) is 1. The molecule has 0 bridgehead atoms. The van der Waals surface area contributed by atoms with Crippen LogP contribution in [-0.2, 0) is 6.54 Å². The van der Waals surface area contributed by atoms with Gasteiger partial charge >= 0.3 is 0 Å². The summed E-state index contributed by atoms with van der Waals surface area (Å²) in [6.07, 6.45) is 1.19. The van der Waals surface area contributed by atoms with E-state index in [9.17, 15) is 19.0 Å². The highest BCUT2D eigenvalue weighted by Gasteiger charge is 2.33. The molecule has 112 valence electrons. The van der Waals surface area contributed by atoms with Crippen molar-refractivity contribution in [3.8, 4) is 5.75 Å². The standard InChI is InChI=1S/C14H19F2NO3/c1-20-12-4-3-11(15)13(16)10(12)7-17-6-2-5-14(19,8-17)9-18/h3-4,18-19H,2,5-9H2,1H3. The van der Waals surface area contributed by atoms with E-state index in [2.05, 4.69) is 0 Å². The van der Waals surface area contributed by atoms with Gasteiger partial charge in [0.15, 0.2) is 11.6 Å². The molecule has 1 fully saturated rings. The molecule has 1 heterocycles. The van der Waals surface area contributed by atoms with Gasteiger partial charge in [-0.05, 0) is 31.5 Å². The second-order valence-corrected chi connectivity index (χ2v) is 5.24. The van der Waals surface area contributed by atoms with E-state index < -0.39 is 17.2 Å². The van der Waals surface area contributed by atoms with Crippen LogP contribution in [0.4, 0.5) is 8.78 Å². The second kappa shape index (κ2) is 6.03. The topological polar surface area (TPSA) is 52.9 Å². The van der Waals surface area contributed by atoms with E-state index in [0.717, 1.165) is 6.07 Å². The van der Waals surface area contributed by atoms with Crippen LogP contribution in [0.3, 0.4) is 0 Å². The first kappa shape index (κ1) is 15.2. The third-order valence-electron chi connectivity index (χ3n) is 3.68. The zero-order valence-corrected chi connectivity index (χ0v) is 11.4. The van der Waals surface area contributed by atoms with E-state index >= 15 is 0 Å². The molecule has 1 aliphatic rings. The molecular weight excluding hydrogens is 268 g/mol. The van der Waals surface area contributed by atoms with Crippen LogP contribution in [-0.4, -0.2) is 47.5 Å². The van der Waals surface area contributed by atoms with Crippen LogP contribution >= 0.6 is 0 Å². The summed E-state index contributed by atoms with van der Waals surface area (Å²) in [6, 6.07) is 2.41. The summed E-state index contributed by atoms with van der Waals surface area (Å²) in [6.45, 7) is 0.672. The number of hydrogen-bond acceptors (Lipinski definition) is 4. The first-order valence-electron chi connectivity index (χ1n) is 6.55. The summed E-state index contributed by atoms with van der Waals surface area (Å²) in [5, 5.41) is 19.3. The van der Waals surface area contributed by atoms with Crippen LogP contribution in [0, 0.1) is 11.6 Å². The summed E-state index contributed by atoms with van der Waals surface area (Å²) in [5.41, 5.74) is -1.04. The minimum Gasteiger partial charge on any atom is -0.496 e. The molecule has 0 amide bonds. The minimum atomic E-state index is -1.17. The van der Waals surface area contributed by atoms with Crippen LogP contribution in [0.15, 0.2) is 12.1 Å². The number of aliphatic hydroxyl groups excluding tert-OH is 1. The Morgan fingerprint density at radius 1 is 1.40 bits per heavy atom. The van der Waals surface area contributed by atoms with Crippen LogP contribution in [0.1, 0.15) is 18.4 Å². The molecule has 1 aromatic carbocycles. The fourth-order valence-electron chi connectivity index (χ4n) is 2.61. The molecule has 1 atom stereocenters. The summed E-state index contributed by atoms with van der Waals surface area (Å²) in [4.78, 5) is 1.79. The monoisotopic (exact) mass is 287 g/mol. The van der Waals surface area contributed by atoms with Crippen molar-refractivity contribution in [2.75, 3.05) is 26.8 Å². The lowest BCUT2D eigenvalue weighted by molar-refractivity contribution is -0.0690. The van der Waals surface area contributed by atoms with E-state index in [4.69, 9.17) is 4.74 Å². The number of methoxy groups -OCH3 is 1. The van der Waals surface area contributed by atoms with Crippen LogP contribution in [0.5, 0.6) is 5.75 Å². The molecule has 0 radical (unpaired) electrons. The van der Waals surface area contributed by atoms with E-state index in [1.54, 1.807) is 4.90 Å². The molecule has 20 heavy (non-hydrogen) atoms. The summed E-state index contributed by atoms with van der Waals surface area (Å²) >= 11 is 0. The predicted molar refractivity (Wildman–Crippen MR) is 69.5 cm³/mol. The molecule has 0 saturated carbocycles. The number of rotatable bonds is 4. The smallest absolute Gasteiger partial charge is 0.167 e. The summed E-state index contributed by atoms with van der Waals surface area (Å²) in [7, 11) is 1.40. The number of hydrogen-bond donors (Lipinski definition) is 2. The quantitative estimate of drug-likeness (QED) is 0.876. The van der Waals surface area contributed by atoms with E-state index in [-0.39, 0.29) is 31.0 Å². The number of β-amino-alcohol motifs (C(OH)–C–C–N with tert-alkyl or cyclic N) is 1. The Hall–Kier alpha value is -1.24. The third-order valence-corrected chi connectivity index (χ3v) is 3.68. The first-order valence-corrected chi connectivity index (χ1v) is 6.55. The zero-order valence-electron chi connectivity index (χ0n) is 11.4. The molecule has 1 aliphatic heterocycles. The average Bonchev–Trinajstić information content (AvgIpc) is 2.44. The maximum absolute atomic E-state index is 13.9. The lowest BCUT2D eigenvalue weighted by atomic mass is 9.93.